The highest BCUT2D eigenvalue weighted by Crippen LogP contribution is 2.17. The smallest absolute Gasteiger partial charge is 0.308 e. The van der Waals surface area contributed by atoms with Crippen molar-refractivity contribution in [2.45, 2.75) is 13.3 Å². The third kappa shape index (κ3) is 7.03. The number of benzene rings is 1. The van der Waals surface area contributed by atoms with Crippen LogP contribution in [0.1, 0.15) is 13.3 Å². The lowest BCUT2D eigenvalue weighted by molar-refractivity contribution is -0.144. The summed E-state index contributed by atoms with van der Waals surface area (Å²) < 4.78 is 5.08. The molecule has 27 heavy (non-hydrogen) atoms. The van der Waals surface area contributed by atoms with E-state index in [0.717, 1.165) is 38.3 Å². The number of piperazine rings is 1. The van der Waals surface area contributed by atoms with Crippen LogP contribution in [0.25, 0.3) is 0 Å². The Balaban J connectivity index is 1.83. The number of nitrogens with zero attached hydrogens (tertiary/aromatic N) is 2. The zero-order valence-corrected chi connectivity index (χ0v) is 16.1. The molecule has 0 saturated carbocycles. The number of methoxy groups -OCH3 is 1. The molecule has 0 unspecified atom stereocenters. The topological polar surface area (TPSA) is 82.1 Å². The van der Waals surface area contributed by atoms with Crippen LogP contribution in [-0.2, 0) is 9.59 Å². The Labute approximate surface area is 160 Å². The van der Waals surface area contributed by atoms with Crippen molar-refractivity contribution < 1.29 is 19.4 Å². The minimum atomic E-state index is -0.941. The molecule has 1 aliphatic heterocycles. The molecule has 7 heteroatoms. The Morgan fingerprint density at radius 1 is 1.19 bits per heavy atom. The Morgan fingerprint density at radius 2 is 1.78 bits per heavy atom. The Kier molecular flexibility index (Phi) is 7.82. The van der Waals surface area contributed by atoms with Crippen molar-refractivity contribution in [1.82, 2.24) is 9.80 Å². The van der Waals surface area contributed by atoms with Crippen LogP contribution in [0.3, 0.4) is 0 Å². The third-order valence-electron chi connectivity index (χ3n) is 4.59. The van der Waals surface area contributed by atoms with Crippen LogP contribution >= 0.6 is 0 Å². The van der Waals surface area contributed by atoms with Crippen LogP contribution in [0, 0.1) is 5.92 Å². The number of hydrogen-bond donors (Lipinski definition) is 2. The number of amides is 1. The highest BCUT2D eigenvalue weighted by molar-refractivity contribution is 5.93. The lowest BCUT2D eigenvalue weighted by Gasteiger charge is -2.35. The van der Waals surface area contributed by atoms with Gasteiger partial charge in [-0.05, 0) is 31.2 Å². The second-order valence-electron chi connectivity index (χ2n) is 7.05. The van der Waals surface area contributed by atoms with Crippen LogP contribution in [0.5, 0.6) is 5.75 Å². The molecule has 0 spiro atoms. The van der Waals surface area contributed by atoms with Gasteiger partial charge in [0.05, 0.1) is 13.0 Å². The molecule has 0 radical (unpaired) electrons. The van der Waals surface area contributed by atoms with Crippen molar-refractivity contribution in [1.29, 1.82) is 0 Å². The number of carboxylic acid groups (broad SMARTS) is 1. The van der Waals surface area contributed by atoms with Gasteiger partial charge in [0, 0.05) is 51.4 Å². The Hall–Kier alpha value is -2.38. The van der Waals surface area contributed by atoms with Gasteiger partial charge in [0.2, 0.25) is 5.91 Å². The van der Waals surface area contributed by atoms with Crippen molar-refractivity contribution in [2.75, 3.05) is 51.7 Å². The number of carbonyl (C=O) groups excluding carboxylic acids is 1. The summed E-state index contributed by atoms with van der Waals surface area (Å²) in [7, 11) is 1.57. The highest BCUT2D eigenvalue weighted by atomic mass is 16.5. The molecule has 2 rings (SSSR count). The number of nitrogens with one attached hydrogen (secondary N) is 1. The van der Waals surface area contributed by atoms with Gasteiger partial charge in [-0.25, -0.2) is 0 Å². The van der Waals surface area contributed by atoms with Gasteiger partial charge in [0.1, 0.15) is 5.75 Å². The molecule has 7 nitrogen and oxygen atoms in total. The summed E-state index contributed by atoms with van der Waals surface area (Å²) in [5.74, 6) is -1.27. The fourth-order valence-electron chi connectivity index (χ4n) is 3.16. The number of carbonyl (C=O) groups is 2. The molecule has 1 fully saturated rings. The molecule has 1 aromatic rings. The van der Waals surface area contributed by atoms with Crippen LogP contribution in [-0.4, -0.2) is 73.2 Å². The summed E-state index contributed by atoms with van der Waals surface area (Å²) in [4.78, 5) is 28.3. The molecule has 1 aromatic carbocycles. The zero-order chi connectivity index (χ0) is 19.8. The van der Waals surface area contributed by atoms with Gasteiger partial charge in [0.25, 0.3) is 0 Å². The Bertz CT molecular complexity index is 652. The van der Waals surface area contributed by atoms with Gasteiger partial charge in [-0.1, -0.05) is 12.2 Å². The van der Waals surface area contributed by atoms with Crippen molar-refractivity contribution in [3.05, 3.63) is 36.4 Å². The van der Waals surface area contributed by atoms with Gasteiger partial charge in [-0.2, -0.15) is 0 Å². The molecule has 0 bridgehead atoms. The maximum atomic E-state index is 12.3. The molecule has 0 aromatic heterocycles. The van der Waals surface area contributed by atoms with E-state index in [0.29, 0.717) is 18.0 Å². The summed E-state index contributed by atoms with van der Waals surface area (Å²) in [6.07, 6.45) is -0.0483. The molecule has 1 amide bonds. The van der Waals surface area contributed by atoms with Gasteiger partial charge < -0.3 is 15.2 Å². The minimum absolute atomic E-state index is 0.0483. The van der Waals surface area contributed by atoms with Crippen molar-refractivity contribution in [3.63, 3.8) is 0 Å². The maximum Gasteiger partial charge on any atom is 0.308 e. The monoisotopic (exact) mass is 375 g/mol. The van der Waals surface area contributed by atoms with Crippen molar-refractivity contribution in [2.24, 2.45) is 5.92 Å². The van der Waals surface area contributed by atoms with E-state index in [-0.39, 0.29) is 12.3 Å². The molecule has 2 N–H and O–H groups in total. The number of hydrogen-bond acceptors (Lipinski definition) is 5. The average molecular weight is 375 g/mol. The standard InChI is InChI=1S/C20H29N3O4/c1-15(2)13-22-8-10-23(11-9-22)14-16(20(25)26)12-19(24)21-17-4-6-18(27-3)7-5-17/h4-7,16H,1,8-14H2,2-3H3,(H,21,24)(H,25,26)/t16-/m0/s1. The van der Waals surface area contributed by atoms with E-state index in [1.807, 2.05) is 6.92 Å². The average Bonchev–Trinajstić information content (AvgIpc) is 2.63. The molecular weight excluding hydrogens is 346 g/mol. The molecule has 1 saturated heterocycles. The van der Waals surface area contributed by atoms with Crippen LogP contribution < -0.4 is 10.1 Å². The largest absolute Gasteiger partial charge is 0.497 e. The summed E-state index contributed by atoms with van der Waals surface area (Å²) >= 11 is 0. The van der Waals surface area contributed by atoms with Crippen LogP contribution in [0.4, 0.5) is 5.69 Å². The number of aliphatic carboxylic acids is 1. The van der Waals surface area contributed by atoms with Gasteiger partial charge >= 0.3 is 5.97 Å². The Morgan fingerprint density at radius 3 is 2.30 bits per heavy atom. The summed E-state index contributed by atoms with van der Waals surface area (Å²) in [5.41, 5.74) is 1.75. The van der Waals surface area contributed by atoms with Gasteiger partial charge in [-0.3, -0.25) is 19.4 Å². The van der Waals surface area contributed by atoms with Crippen LogP contribution in [0.15, 0.2) is 36.4 Å². The number of rotatable bonds is 9. The quantitative estimate of drug-likeness (QED) is 0.642. The molecular formula is C20H29N3O4. The fourth-order valence-corrected chi connectivity index (χ4v) is 3.16. The van der Waals surface area contributed by atoms with Crippen molar-refractivity contribution in [3.8, 4) is 5.75 Å². The number of carboxylic acids is 1. The predicted molar refractivity (Wildman–Crippen MR) is 105 cm³/mol. The molecule has 0 aliphatic carbocycles. The van der Waals surface area contributed by atoms with E-state index in [1.54, 1.807) is 31.4 Å². The highest BCUT2D eigenvalue weighted by Gasteiger charge is 2.26. The zero-order valence-electron chi connectivity index (χ0n) is 16.1. The molecule has 1 atom stereocenters. The first-order valence-electron chi connectivity index (χ1n) is 9.13. The van der Waals surface area contributed by atoms with E-state index in [1.165, 1.54) is 0 Å². The first-order chi connectivity index (χ1) is 12.9. The van der Waals surface area contributed by atoms with E-state index < -0.39 is 11.9 Å². The van der Waals surface area contributed by atoms with E-state index in [9.17, 15) is 14.7 Å². The van der Waals surface area contributed by atoms with E-state index in [2.05, 4.69) is 21.7 Å². The summed E-state index contributed by atoms with van der Waals surface area (Å²) in [6, 6.07) is 6.95. The lowest BCUT2D eigenvalue weighted by atomic mass is 10.0. The molecule has 148 valence electrons. The summed E-state index contributed by atoms with van der Waals surface area (Å²) in [5, 5.41) is 12.3. The third-order valence-corrected chi connectivity index (χ3v) is 4.59. The first-order valence-corrected chi connectivity index (χ1v) is 9.13. The molecule has 1 heterocycles. The minimum Gasteiger partial charge on any atom is -0.497 e. The number of ether oxygens (including phenoxy) is 1. The normalized spacial score (nSPS) is 16.5. The van der Waals surface area contributed by atoms with Gasteiger partial charge in [0.15, 0.2) is 0 Å². The predicted octanol–water partition coefficient (Wildman–Crippen LogP) is 1.92. The maximum absolute atomic E-state index is 12.3. The van der Waals surface area contributed by atoms with Crippen molar-refractivity contribution >= 4 is 17.6 Å². The molecule has 1 aliphatic rings. The second kappa shape index (κ2) is 10.1. The van der Waals surface area contributed by atoms with E-state index in [4.69, 9.17) is 4.74 Å². The summed E-state index contributed by atoms with van der Waals surface area (Å²) in [6.45, 7) is 10.6. The first kappa shape index (κ1) is 20.9. The number of anilines is 1. The fraction of sp³-hybridized carbons (Fsp3) is 0.500. The second-order valence-corrected chi connectivity index (χ2v) is 7.05. The lowest BCUT2D eigenvalue weighted by Crippen LogP contribution is -2.49. The van der Waals surface area contributed by atoms with Crippen LogP contribution in [0.2, 0.25) is 0 Å². The van der Waals surface area contributed by atoms with E-state index >= 15 is 0 Å². The van der Waals surface area contributed by atoms with Gasteiger partial charge in [-0.15, -0.1) is 0 Å². The SMILES string of the molecule is C=C(C)CN1CCN(C[C@H](CC(=O)Nc2ccc(OC)cc2)C(=O)O)CC1.